The zero-order valence-electron chi connectivity index (χ0n) is 5.63. The minimum absolute atomic E-state index is 0.172. The third-order valence-corrected chi connectivity index (χ3v) is 1.87. The van der Waals surface area contributed by atoms with E-state index in [0.717, 1.165) is 24.0 Å². The fraction of sp³-hybridized carbons (Fsp3) is 0.222. The molecule has 0 bridgehead atoms. The van der Waals surface area contributed by atoms with E-state index >= 15 is 0 Å². The molecule has 0 fully saturated rings. The Bertz CT molecular complexity index is 266. The number of allylic oxidation sites excluding steroid dienone is 6. The quantitative estimate of drug-likeness (QED) is 0.491. The molecule has 0 aliphatic heterocycles. The first kappa shape index (κ1) is 5.66. The summed E-state index contributed by atoms with van der Waals surface area (Å²) in [6.45, 7) is 0. The zero-order chi connectivity index (χ0) is 6.97. The van der Waals surface area contributed by atoms with Gasteiger partial charge in [-0.05, 0) is 24.5 Å². The van der Waals surface area contributed by atoms with Gasteiger partial charge >= 0.3 is 0 Å². The monoisotopic (exact) mass is 132 g/mol. The smallest absolute Gasteiger partial charge is 0.186 e. The fourth-order valence-electron chi connectivity index (χ4n) is 1.35. The number of fused-ring (bicyclic) bond motifs is 1. The number of carbonyl (C=O) groups excluding carboxylic acids is 1. The van der Waals surface area contributed by atoms with Gasteiger partial charge in [-0.1, -0.05) is 18.2 Å². The van der Waals surface area contributed by atoms with Gasteiger partial charge in [0.2, 0.25) is 0 Å². The number of hydrogen-bond donors (Lipinski definition) is 0. The van der Waals surface area contributed by atoms with Gasteiger partial charge in [0.05, 0.1) is 0 Å². The van der Waals surface area contributed by atoms with Gasteiger partial charge in [-0.2, -0.15) is 0 Å². The Hall–Kier alpha value is -1.11. The molecular formula is C9H8O. The molecule has 2 aliphatic rings. The molecule has 10 heavy (non-hydrogen) atoms. The molecule has 1 heteroatoms. The molecule has 1 nitrogen and oxygen atoms in total. The number of ketones is 1. The highest BCUT2D eigenvalue weighted by molar-refractivity contribution is 6.11. The standard InChI is InChI=1S/C9H8O/c10-9-6-5-7-3-1-2-4-8(7)9/h3-6H,1-2H2. The van der Waals surface area contributed by atoms with Crippen molar-refractivity contribution in [2.24, 2.45) is 0 Å². The van der Waals surface area contributed by atoms with Crippen molar-refractivity contribution in [1.82, 2.24) is 0 Å². The average molecular weight is 132 g/mol. The lowest BCUT2D eigenvalue weighted by Crippen LogP contribution is -1.96. The highest BCUT2D eigenvalue weighted by atomic mass is 16.1. The zero-order valence-corrected chi connectivity index (χ0v) is 5.63. The second-order valence-electron chi connectivity index (χ2n) is 2.55. The van der Waals surface area contributed by atoms with Crippen LogP contribution in [0.4, 0.5) is 0 Å². The molecule has 0 amide bonds. The molecule has 0 aromatic rings. The van der Waals surface area contributed by atoms with Crippen molar-refractivity contribution in [2.45, 2.75) is 12.8 Å². The highest BCUT2D eigenvalue weighted by Gasteiger charge is 2.17. The third-order valence-electron chi connectivity index (χ3n) is 1.87. The molecular weight excluding hydrogens is 124 g/mol. The molecule has 0 saturated heterocycles. The third kappa shape index (κ3) is 0.670. The largest absolute Gasteiger partial charge is 0.289 e. The maximum atomic E-state index is 11.0. The Morgan fingerprint density at radius 2 is 1.90 bits per heavy atom. The van der Waals surface area contributed by atoms with Gasteiger partial charge < -0.3 is 0 Å². The highest BCUT2D eigenvalue weighted by Crippen LogP contribution is 2.25. The van der Waals surface area contributed by atoms with Gasteiger partial charge in [0.15, 0.2) is 5.78 Å². The molecule has 0 heterocycles. The van der Waals surface area contributed by atoms with Crippen LogP contribution in [0.1, 0.15) is 12.8 Å². The molecule has 0 aromatic carbocycles. The van der Waals surface area contributed by atoms with Gasteiger partial charge in [0, 0.05) is 5.57 Å². The predicted octanol–water partition coefficient (Wildman–Crippen LogP) is 1.77. The lowest BCUT2D eigenvalue weighted by atomic mass is 10.0. The number of rotatable bonds is 0. The molecule has 0 saturated carbocycles. The minimum atomic E-state index is 0.172. The van der Waals surface area contributed by atoms with E-state index in [0.29, 0.717) is 0 Å². The van der Waals surface area contributed by atoms with Gasteiger partial charge in [-0.25, -0.2) is 0 Å². The van der Waals surface area contributed by atoms with E-state index in [2.05, 4.69) is 6.08 Å². The molecule has 0 radical (unpaired) electrons. The van der Waals surface area contributed by atoms with E-state index in [1.54, 1.807) is 6.08 Å². The van der Waals surface area contributed by atoms with Crippen molar-refractivity contribution in [3.63, 3.8) is 0 Å². The summed E-state index contributed by atoms with van der Waals surface area (Å²) in [5.74, 6) is 0.172. The Morgan fingerprint density at radius 1 is 1.10 bits per heavy atom. The van der Waals surface area contributed by atoms with E-state index in [1.165, 1.54) is 0 Å². The molecule has 2 rings (SSSR count). The summed E-state index contributed by atoms with van der Waals surface area (Å²) in [5.41, 5.74) is 2.03. The van der Waals surface area contributed by atoms with Crippen molar-refractivity contribution < 1.29 is 4.79 Å². The van der Waals surface area contributed by atoms with Gasteiger partial charge in [-0.15, -0.1) is 0 Å². The topological polar surface area (TPSA) is 17.1 Å². The fourth-order valence-corrected chi connectivity index (χ4v) is 1.35. The average Bonchev–Trinajstić information content (AvgIpc) is 2.34. The van der Waals surface area contributed by atoms with Crippen LogP contribution in [0.3, 0.4) is 0 Å². The van der Waals surface area contributed by atoms with E-state index < -0.39 is 0 Å². The molecule has 0 aromatic heterocycles. The SMILES string of the molecule is O=C1C=CC2=CCCC=C12. The Labute approximate surface area is 59.7 Å². The van der Waals surface area contributed by atoms with Gasteiger partial charge in [-0.3, -0.25) is 4.79 Å². The van der Waals surface area contributed by atoms with Gasteiger partial charge in [0.25, 0.3) is 0 Å². The molecule has 2 aliphatic carbocycles. The first-order valence-corrected chi connectivity index (χ1v) is 3.51. The van der Waals surface area contributed by atoms with Crippen LogP contribution in [-0.4, -0.2) is 5.78 Å². The van der Waals surface area contributed by atoms with Crippen molar-refractivity contribution in [2.75, 3.05) is 0 Å². The maximum absolute atomic E-state index is 11.0. The summed E-state index contributed by atoms with van der Waals surface area (Å²) < 4.78 is 0. The normalized spacial score (nSPS) is 22.2. The van der Waals surface area contributed by atoms with Crippen molar-refractivity contribution >= 4 is 5.78 Å². The summed E-state index contributed by atoms with van der Waals surface area (Å²) in [5, 5.41) is 0. The molecule has 50 valence electrons. The summed E-state index contributed by atoms with van der Waals surface area (Å²) in [6.07, 6.45) is 9.79. The summed E-state index contributed by atoms with van der Waals surface area (Å²) in [7, 11) is 0. The summed E-state index contributed by atoms with van der Waals surface area (Å²) in [4.78, 5) is 11.0. The molecule has 0 atom stereocenters. The summed E-state index contributed by atoms with van der Waals surface area (Å²) >= 11 is 0. The Kier molecular flexibility index (Phi) is 1.10. The van der Waals surface area contributed by atoms with E-state index in [9.17, 15) is 4.79 Å². The van der Waals surface area contributed by atoms with E-state index in [4.69, 9.17) is 0 Å². The second kappa shape index (κ2) is 1.94. The Balaban J connectivity index is 2.47. The summed E-state index contributed by atoms with van der Waals surface area (Å²) in [6, 6.07) is 0. The second-order valence-corrected chi connectivity index (χ2v) is 2.55. The minimum Gasteiger partial charge on any atom is -0.289 e. The number of hydrogen-bond acceptors (Lipinski definition) is 1. The van der Waals surface area contributed by atoms with E-state index in [1.807, 2.05) is 12.2 Å². The van der Waals surface area contributed by atoms with Crippen molar-refractivity contribution in [3.05, 3.63) is 35.5 Å². The molecule has 0 N–H and O–H groups in total. The molecule has 0 unspecified atom stereocenters. The van der Waals surface area contributed by atoms with Crippen LogP contribution >= 0.6 is 0 Å². The van der Waals surface area contributed by atoms with Crippen LogP contribution in [-0.2, 0) is 4.79 Å². The van der Waals surface area contributed by atoms with Crippen LogP contribution in [0.15, 0.2) is 35.5 Å². The Morgan fingerprint density at radius 3 is 2.70 bits per heavy atom. The van der Waals surface area contributed by atoms with Crippen molar-refractivity contribution in [3.8, 4) is 0 Å². The van der Waals surface area contributed by atoms with Crippen LogP contribution in [0.2, 0.25) is 0 Å². The van der Waals surface area contributed by atoms with Crippen LogP contribution < -0.4 is 0 Å². The molecule has 0 spiro atoms. The van der Waals surface area contributed by atoms with E-state index in [-0.39, 0.29) is 5.78 Å². The lowest BCUT2D eigenvalue weighted by molar-refractivity contribution is -0.110. The lowest BCUT2D eigenvalue weighted by Gasteiger charge is -2.03. The first-order chi connectivity index (χ1) is 4.88. The van der Waals surface area contributed by atoms with Crippen LogP contribution in [0.5, 0.6) is 0 Å². The maximum Gasteiger partial charge on any atom is 0.186 e. The van der Waals surface area contributed by atoms with Crippen LogP contribution in [0.25, 0.3) is 0 Å². The van der Waals surface area contributed by atoms with Crippen LogP contribution in [0, 0.1) is 0 Å². The van der Waals surface area contributed by atoms with Gasteiger partial charge in [0.1, 0.15) is 0 Å². The number of carbonyl (C=O) groups is 1. The predicted molar refractivity (Wildman–Crippen MR) is 39.5 cm³/mol. The first-order valence-electron chi connectivity index (χ1n) is 3.51. The van der Waals surface area contributed by atoms with Crippen molar-refractivity contribution in [1.29, 1.82) is 0 Å².